The number of rotatable bonds is 3. The third kappa shape index (κ3) is 2.77. The fourth-order valence-electron chi connectivity index (χ4n) is 2.33. The smallest absolute Gasteiger partial charge is 0.202 e. The summed E-state index contributed by atoms with van der Waals surface area (Å²) in [4.78, 5) is 4.57. The Morgan fingerprint density at radius 2 is 2.18 bits per heavy atom. The molecule has 1 saturated heterocycles. The summed E-state index contributed by atoms with van der Waals surface area (Å²) in [5.74, 6) is 1.69. The number of nitrogens with one attached hydrogen (secondary N) is 1. The molecule has 0 spiro atoms. The molecule has 17 heavy (non-hydrogen) atoms. The number of ether oxygens (including phenoxy) is 1. The van der Waals surface area contributed by atoms with Crippen LogP contribution in [0.1, 0.15) is 51.3 Å². The van der Waals surface area contributed by atoms with Crippen molar-refractivity contribution in [3.63, 3.8) is 0 Å². The highest BCUT2D eigenvalue weighted by Gasteiger charge is 2.31. The minimum absolute atomic E-state index is 0.0140. The molecule has 1 aliphatic carbocycles. The van der Waals surface area contributed by atoms with Gasteiger partial charge in [-0.3, -0.25) is 0 Å². The Bertz CT molecular complexity index is 400. The minimum atomic E-state index is -0.0140. The Kier molecular flexibility index (Phi) is 2.83. The molecule has 1 aromatic rings. The van der Waals surface area contributed by atoms with Gasteiger partial charge in [-0.2, -0.15) is 4.37 Å². The Balaban J connectivity index is 1.61. The van der Waals surface area contributed by atoms with Gasteiger partial charge in [0, 0.05) is 30.1 Å². The molecule has 0 amide bonds. The molecule has 2 aliphatic rings. The van der Waals surface area contributed by atoms with Crippen LogP contribution >= 0.6 is 11.5 Å². The lowest BCUT2D eigenvalue weighted by Gasteiger charge is -2.35. The zero-order valence-electron chi connectivity index (χ0n) is 10.4. The van der Waals surface area contributed by atoms with Gasteiger partial charge in [-0.15, -0.1) is 0 Å². The highest BCUT2D eigenvalue weighted by Crippen LogP contribution is 2.39. The van der Waals surface area contributed by atoms with Crippen LogP contribution in [0.4, 0.5) is 5.13 Å². The second kappa shape index (κ2) is 4.21. The van der Waals surface area contributed by atoms with Gasteiger partial charge in [0.1, 0.15) is 5.82 Å². The van der Waals surface area contributed by atoms with Crippen molar-refractivity contribution >= 4 is 16.7 Å². The lowest BCUT2D eigenvalue weighted by Crippen LogP contribution is -2.40. The molecule has 4 nitrogen and oxygen atoms in total. The van der Waals surface area contributed by atoms with Crippen molar-refractivity contribution < 1.29 is 4.74 Å². The molecule has 0 radical (unpaired) electrons. The van der Waals surface area contributed by atoms with Gasteiger partial charge in [0.15, 0.2) is 0 Å². The first-order valence-electron chi connectivity index (χ1n) is 6.36. The van der Waals surface area contributed by atoms with E-state index in [1.54, 1.807) is 0 Å². The molecular weight excluding hydrogens is 234 g/mol. The van der Waals surface area contributed by atoms with Crippen LogP contribution in [-0.2, 0) is 4.74 Å². The molecule has 3 rings (SSSR count). The third-order valence-corrected chi connectivity index (χ3v) is 4.07. The first kappa shape index (κ1) is 11.4. The highest BCUT2D eigenvalue weighted by molar-refractivity contribution is 7.09. The highest BCUT2D eigenvalue weighted by atomic mass is 32.1. The van der Waals surface area contributed by atoms with Crippen LogP contribution in [0, 0.1) is 0 Å². The van der Waals surface area contributed by atoms with Crippen molar-refractivity contribution in [3.05, 3.63) is 5.82 Å². The maximum Gasteiger partial charge on any atom is 0.202 e. The number of hydrogen-bond donors (Lipinski definition) is 1. The molecule has 2 fully saturated rings. The van der Waals surface area contributed by atoms with E-state index in [2.05, 4.69) is 28.5 Å². The Morgan fingerprint density at radius 3 is 2.88 bits per heavy atom. The summed E-state index contributed by atoms with van der Waals surface area (Å²) in [6.07, 6.45) is 4.62. The molecule has 1 aromatic heterocycles. The lowest BCUT2D eigenvalue weighted by atomic mass is 9.94. The molecule has 0 bridgehead atoms. The van der Waals surface area contributed by atoms with Crippen molar-refractivity contribution in [1.82, 2.24) is 9.36 Å². The molecule has 0 aromatic carbocycles. The molecular formula is C12H19N3OS. The molecule has 1 atom stereocenters. The van der Waals surface area contributed by atoms with Crippen LogP contribution in [-0.4, -0.2) is 27.6 Å². The molecule has 1 aliphatic heterocycles. The molecule has 94 valence electrons. The van der Waals surface area contributed by atoms with Gasteiger partial charge in [-0.05, 0) is 39.5 Å². The Labute approximate surface area is 106 Å². The van der Waals surface area contributed by atoms with E-state index in [9.17, 15) is 0 Å². The number of anilines is 1. The summed E-state index contributed by atoms with van der Waals surface area (Å²) in [6, 6.07) is 0.471. The van der Waals surface area contributed by atoms with E-state index in [-0.39, 0.29) is 5.60 Å². The van der Waals surface area contributed by atoms with E-state index >= 15 is 0 Å². The van der Waals surface area contributed by atoms with Crippen molar-refractivity contribution in [2.75, 3.05) is 11.9 Å². The Hall–Kier alpha value is -0.680. The summed E-state index contributed by atoms with van der Waals surface area (Å²) < 4.78 is 10.1. The minimum Gasteiger partial charge on any atom is -0.375 e. The number of nitrogens with zero attached hydrogens (tertiary/aromatic N) is 2. The molecule has 1 saturated carbocycles. The Morgan fingerprint density at radius 1 is 1.35 bits per heavy atom. The van der Waals surface area contributed by atoms with Crippen LogP contribution in [0.25, 0.3) is 0 Å². The van der Waals surface area contributed by atoms with Crippen LogP contribution in [0.3, 0.4) is 0 Å². The maximum atomic E-state index is 5.71. The van der Waals surface area contributed by atoms with E-state index in [1.165, 1.54) is 24.4 Å². The van der Waals surface area contributed by atoms with Gasteiger partial charge in [0.05, 0.1) is 5.60 Å². The van der Waals surface area contributed by atoms with Gasteiger partial charge in [0.25, 0.3) is 0 Å². The van der Waals surface area contributed by atoms with E-state index in [0.717, 1.165) is 30.4 Å². The molecule has 1 N–H and O–H groups in total. The zero-order valence-corrected chi connectivity index (χ0v) is 11.2. The van der Waals surface area contributed by atoms with Crippen LogP contribution in [0.2, 0.25) is 0 Å². The topological polar surface area (TPSA) is 47.0 Å². The predicted molar refractivity (Wildman–Crippen MR) is 68.6 cm³/mol. The average Bonchev–Trinajstić information content (AvgIpc) is 2.99. The first-order chi connectivity index (χ1) is 8.12. The van der Waals surface area contributed by atoms with Crippen molar-refractivity contribution in [2.45, 2.75) is 57.1 Å². The molecule has 2 heterocycles. The normalized spacial score (nSPS) is 28.0. The second-order valence-corrected chi connectivity index (χ2v) is 6.43. The maximum absolute atomic E-state index is 5.71. The summed E-state index contributed by atoms with van der Waals surface area (Å²) in [7, 11) is 0. The monoisotopic (exact) mass is 253 g/mol. The fourth-order valence-corrected chi connectivity index (χ4v) is 3.05. The van der Waals surface area contributed by atoms with Gasteiger partial charge in [-0.25, -0.2) is 4.98 Å². The fraction of sp³-hybridized carbons (Fsp3) is 0.833. The average molecular weight is 253 g/mol. The summed E-state index contributed by atoms with van der Waals surface area (Å²) in [5.41, 5.74) is -0.0140. The van der Waals surface area contributed by atoms with E-state index in [0.29, 0.717) is 12.0 Å². The van der Waals surface area contributed by atoms with Crippen molar-refractivity contribution in [3.8, 4) is 0 Å². The third-order valence-electron chi connectivity index (χ3n) is 3.41. The van der Waals surface area contributed by atoms with Gasteiger partial charge in [-0.1, -0.05) is 0 Å². The van der Waals surface area contributed by atoms with Gasteiger partial charge >= 0.3 is 0 Å². The summed E-state index contributed by atoms with van der Waals surface area (Å²) in [5, 5.41) is 4.49. The quantitative estimate of drug-likeness (QED) is 0.900. The first-order valence-corrected chi connectivity index (χ1v) is 7.14. The largest absolute Gasteiger partial charge is 0.375 e. The summed E-state index contributed by atoms with van der Waals surface area (Å²) in [6.45, 7) is 5.13. The lowest BCUT2D eigenvalue weighted by molar-refractivity contribution is -0.0553. The predicted octanol–water partition coefficient (Wildman–Crippen LogP) is 2.79. The SMILES string of the molecule is CC1(C)CC(Nc2nc(C3CC3)ns2)CCO1. The number of aromatic nitrogens is 2. The molecule has 5 heteroatoms. The summed E-state index contributed by atoms with van der Waals surface area (Å²) >= 11 is 1.50. The van der Waals surface area contributed by atoms with Crippen LogP contribution in [0.5, 0.6) is 0 Å². The van der Waals surface area contributed by atoms with E-state index in [4.69, 9.17) is 4.74 Å². The van der Waals surface area contributed by atoms with E-state index in [1.807, 2.05) is 0 Å². The standard InChI is InChI=1S/C12H19N3OS/c1-12(2)7-9(5-6-16-12)13-11-14-10(15-17-11)8-3-4-8/h8-9H,3-7H2,1-2H3,(H,13,14,15). The molecule has 1 unspecified atom stereocenters. The van der Waals surface area contributed by atoms with Crippen molar-refractivity contribution in [1.29, 1.82) is 0 Å². The second-order valence-electron chi connectivity index (χ2n) is 5.67. The van der Waals surface area contributed by atoms with Crippen LogP contribution in [0.15, 0.2) is 0 Å². The van der Waals surface area contributed by atoms with Crippen molar-refractivity contribution in [2.24, 2.45) is 0 Å². The van der Waals surface area contributed by atoms with E-state index < -0.39 is 0 Å². The zero-order chi connectivity index (χ0) is 11.9. The van der Waals surface area contributed by atoms with Gasteiger partial charge < -0.3 is 10.1 Å². The number of hydrogen-bond acceptors (Lipinski definition) is 5. The van der Waals surface area contributed by atoms with Gasteiger partial charge in [0.2, 0.25) is 5.13 Å². The van der Waals surface area contributed by atoms with Crippen LogP contribution < -0.4 is 5.32 Å².